The van der Waals surface area contributed by atoms with Crippen LogP contribution in [0.15, 0.2) is 63.0 Å². The number of carbonyl (C=O) groups excluding carboxylic acids is 3. The highest BCUT2D eigenvalue weighted by atomic mass is 79.9. The lowest BCUT2D eigenvalue weighted by Crippen LogP contribution is -2.54. The number of anilines is 1. The molecule has 1 saturated heterocycles. The van der Waals surface area contributed by atoms with Crippen molar-refractivity contribution in [2.24, 2.45) is 0 Å². The number of hydrogen-bond donors (Lipinski definition) is 2. The molecule has 2 aromatic carbocycles. The van der Waals surface area contributed by atoms with Gasteiger partial charge in [0.1, 0.15) is 17.9 Å². The number of imide groups is 2. The molecule has 0 radical (unpaired) electrons. The quantitative estimate of drug-likeness (QED) is 0.295. The van der Waals surface area contributed by atoms with E-state index >= 15 is 0 Å². The lowest BCUT2D eigenvalue weighted by Gasteiger charge is -2.27. The van der Waals surface area contributed by atoms with Crippen LogP contribution in [0.5, 0.6) is 11.5 Å². The molecule has 37 heavy (non-hydrogen) atoms. The molecule has 0 aliphatic carbocycles. The van der Waals surface area contributed by atoms with Crippen LogP contribution in [0.1, 0.15) is 34.4 Å². The van der Waals surface area contributed by atoms with Gasteiger partial charge in [-0.2, -0.15) is 0 Å². The minimum atomic E-state index is -1.18. The average molecular weight is 569 g/mol. The van der Waals surface area contributed by atoms with E-state index in [1.54, 1.807) is 50.2 Å². The summed E-state index contributed by atoms with van der Waals surface area (Å²) in [5.74, 6) is -1.97. The number of carbonyl (C=O) groups is 4. The number of carboxylic acids is 1. The summed E-state index contributed by atoms with van der Waals surface area (Å²) in [7, 11) is 0. The van der Waals surface area contributed by atoms with Crippen molar-refractivity contribution in [1.29, 1.82) is 0 Å². The van der Waals surface area contributed by atoms with E-state index in [2.05, 4.69) is 21.2 Å². The molecule has 190 valence electrons. The van der Waals surface area contributed by atoms with Crippen LogP contribution in [0.3, 0.4) is 0 Å². The molecule has 0 saturated carbocycles. The number of nitrogens with one attached hydrogen (secondary N) is 1. The second-order valence-electron chi connectivity index (χ2n) is 7.89. The molecular weight excluding hydrogens is 548 g/mol. The lowest BCUT2D eigenvalue weighted by molar-refractivity contribution is -0.122. The molecule has 4 rings (SSSR count). The van der Waals surface area contributed by atoms with Crippen molar-refractivity contribution < 1.29 is 38.2 Å². The Hall–Kier alpha value is -4.38. The fourth-order valence-corrected chi connectivity index (χ4v) is 4.11. The first-order valence-electron chi connectivity index (χ1n) is 11.1. The maximum Gasteiger partial charge on any atom is 0.371 e. The van der Waals surface area contributed by atoms with E-state index in [0.29, 0.717) is 40.7 Å². The maximum atomic E-state index is 13.2. The minimum Gasteiger partial charge on any atom is -0.490 e. The Morgan fingerprint density at radius 2 is 1.86 bits per heavy atom. The van der Waals surface area contributed by atoms with Crippen LogP contribution >= 0.6 is 15.9 Å². The summed E-state index contributed by atoms with van der Waals surface area (Å²) in [5, 5.41) is 11.2. The highest BCUT2D eigenvalue weighted by Crippen LogP contribution is 2.32. The van der Waals surface area contributed by atoms with Gasteiger partial charge in [0.2, 0.25) is 5.76 Å². The number of carboxylic acid groups (broad SMARTS) is 1. The number of hydrogen-bond acceptors (Lipinski definition) is 7. The number of amides is 4. The van der Waals surface area contributed by atoms with Gasteiger partial charge in [0.05, 0.1) is 12.3 Å². The Morgan fingerprint density at radius 1 is 1.08 bits per heavy atom. The molecule has 1 aliphatic heterocycles. The van der Waals surface area contributed by atoms with Crippen molar-refractivity contribution in [1.82, 2.24) is 5.32 Å². The van der Waals surface area contributed by atoms with Gasteiger partial charge in [0, 0.05) is 4.47 Å². The molecule has 10 nitrogen and oxygen atoms in total. The fourth-order valence-electron chi connectivity index (χ4n) is 3.63. The Kier molecular flexibility index (Phi) is 7.44. The van der Waals surface area contributed by atoms with Crippen molar-refractivity contribution in [3.63, 3.8) is 0 Å². The Bertz CT molecular complexity index is 1440. The Morgan fingerprint density at radius 3 is 2.54 bits per heavy atom. The molecule has 0 bridgehead atoms. The van der Waals surface area contributed by atoms with Gasteiger partial charge in [-0.25, -0.2) is 14.5 Å². The van der Waals surface area contributed by atoms with Crippen molar-refractivity contribution in [3.05, 3.63) is 81.2 Å². The number of benzene rings is 2. The summed E-state index contributed by atoms with van der Waals surface area (Å²) in [5.41, 5.74) is 1.25. The predicted octanol–water partition coefficient (Wildman–Crippen LogP) is 4.69. The molecule has 2 heterocycles. The largest absolute Gasteiger partial charge is 0.490 e. The summed E-state index contributed by atoms with van der Waals surface area (Å²) in [6.07, 6.45) is 1.36. The van der Waals surface area contributed by atoms with E-state index in [-0.39, 0.29) is 17.9 Å². The van der Waals surface area contributed by atoms with Gasteiger partial charge in [-0.3, -0.25) is 14.9 Å². The van der Waals surface area contributed by atoms with Gasteiger partial charge in [0.25, 0.3) is 11.8 Å². The number of aromatic carboxylic acids is 1. The maximum absolute atomic E-state index is 13.2. The molecule has 2 N–H and O–H groups in total. The average Bonchev–Trinajstić information content (AvgIpc) is 3.32. The van der Waals surface area contributed by atoms with Gasteiger partial charge in [0.15, 0.2) is 11.5 Å². The molecule has 0 unspecified atom stereocenters. The van der Waals surface area contributed by atoms with E-state index < -0.39 is 23.8 Å². The first-order valence-corrected chi connectivity index (χ1v) is 11.9. The van der Waals surface area contributed by atoms with Crippen molar-refractivity contribution in [3.8, 4) is 11.5 Å². The monoisotopic (exact) mass is 568 g/mol. The van der Waals surface area contributed by atoms with E-state index in [9.17, 15) is 19.2 Å². The van der Waals surface area contributed by atoms with E-state index in [0.717, 1.165) is 9.37 Å². The van der Waals surface area contributed by atoms with E-state index in [1.165, 1.54) is 18.2 Å². The molecule has 1 fully saturated rings. The number of urea groups is 1. The van der Waals surface area contributed by atoms with Gasteiger partial charge >= 0.3 is 12.0 Å². The normalized spacial score (nSPS) is 14.6. The summed E-state index contributed by atoms with van der Waals surface area (Å²) in [6.45, 7) is 3.80. The van der Waals surface area contributed by atoms with Gasteiger partial charge < -0.3 is 19.0 Å². The molecule has 4 amide bonds. The summed E-state index contributed by atoms with van der Waals surface area (Å²) in [4.78, 5) is 50.2. The minimum absolute atomic E-state index is 0.0434. The third-order valence-electron chi connectivity index (χ3n) is 5.32. The number of halogens is 1. The highest BCUT2D eigenvalue weighted by Gasteiger charge is 2.37. The first-order chi connectivity index (χ1) is 17.7. The smallest absolute Gasteiger partial charge is 0.371 e. The number of furan rings is 1. The molecule has 11 heteroatoms. The van der Waals surface area contributed by atoms with Gasteiger partial charge in [-0.1, -0.05) is 22.0 Å². The van der Waals surface area contributed by atoms with Crippen LogP contribution in [-0.2, 0) is 16.2 Å². The molecular formula is C26H21BrN2O8. The standard InChI is InChI=1S/C26H21BrN2O8/c1-3-35-22-12-15(4-8-20(22)36-13-17-6-9-21(37-17)25(32)33)11-18-23(30)28-26(34)29(24(18)31)19-7-5-16(27)10-14(19)2/h4-12H,3,13H2,1-2H3,(H,32,33)(H,28,30,34)/b18-11-. The van der Waals surface area contributed by atoms with Crippen molar-refractivity contribution in [2.75, 3.05) is 11.5 Å². The van der Waals surface area contributed by atoms with Crippen LogP contribution in [0, 0.1) is 6.92 Å². The van der Waals surface area contributed by atoms with Crippen molar-refractivity contribution in [2.45, 2.75) is 20.5 Å². The fraction of sp³-hybridized carbons (Fsp3) is 0.154. The van der Waals surface area contributed by atoms with E-state index in [1.807, 2.05) is 0 Å². The second-order valence-corrected chi connectivity index (χ2v) is 8.80. The summed E-state index contributed by atoms with van der Waals surface area (Å²) in [6, 6.07) is 11.8. The first kappa shape index (κ1) is 25.7. The number of nitrogens with zero attached hydrogens (tertiary/aromatic N) is 1. The Labute approximate surface area is 219 Å². The summed E-state index contributed by atoms with van der Waals surface area (Å²) < 4.78 is 17.4. The number of aryl methyl sites for hydroxylation is 1. The van der Waals surface area contributed by atoms with Crippen LogP contribution in [0.25, 0.3) is 6.08 Å². The zero-order valence-electron chi connectivity index (χ0n) is 19.7. The molecule has 1 aromatic heterocycles. The van der Waals surface area contributed by atoms with Crippen LogP contribution < -0.4 is 19.7 Å². The predicted molar refractivity (Wildman–Crippen MR) is 135 cm³/mol. The van der Waals surface area contributed by atoms with E-state index in [4.69, 9.17) is 19.0 Å². The van der Waals surface area contributed by atoms with Gasteiger partial charge in [-0.15, -0.1) is 0 Å². The Balaban J connectivity index is 1.61. The molecule has 1 aliphatic rings. The summed E-state index contributed by atoms with van der Waals surface area (Å²) >= 11 is 3.35. The molecule has 3 aromatic rings. The van der Waals surface area contributed by atoms with Crippen LogP contribution in [0.4, 0.5) is 10.5 Å². The number of rotatable bonds is 8. The zero-order valence-corrected chi connectivity index (χ0v) is 21.3. The van der Waals surface area contributed by atoms with Crippen LogP contribution in [-0.4, -0.2) is 35.5 Å². The third-order valence-corrected chi connectivity index (χ3v) is 5.82. The third kappa shape index (κ3) is 5.56. The highest BCUT2D eigenvalue weighted by molar-refractivity contribution is 9.10. The second kappa shape index (κ2) is 10.7. The van der Waals surface area contributed by atoms with Crippen molar-refractivity contribution >= 4 is 51.5 Å². The number of barbiturate groups is 1. The van der Waals surface area contributed by atoms with Gasteiger partial charge in [-0.05, 0) is 73.5 Å². The SMILES string of the molecule is CCOc1cc(/C=C2/C(=O)NC(=O)N(c3ccc(Br)cc3C)C2=O)ccc1OCc1ccc(C(=O)O)o1. The molecule has 0 spiro atoms. The topological polar surface area (TPSA) is 135 Å². The number of ether oxygens (including phenoxy) is 2. The zero-order chi connectivity index (χ0) is 26.7. The lowest BCUT2D eigenvalue weighted by atomic mass is 10.1. The van der Waals surface area contributed by atoms with Crippen LogP contribution in [0.2, 0.25) is 0 Å². The molecule has 0 atom stereocenters.